The molecule has 5 heteroatoms. The predicted molar refractivity (Wildman–Crippen MR) is 87.8 cm³/mol. The molecule has 1 aliphatic heterocycles. The molecule has 0 aromatic heterocycles. The first-order valence-electron chi connectivity index (χ1n) is 9.42. The lowest BCUT2D eigenvalue weighted by atomic mass is 9.88. The summed E-state index contributed by atoms with van der Waals surface area (Å²) in [6, 6.07) is -0.145. The van der Waals surface area contributed by atoms with Gasteiger partial charge in [0, 0.05) is 11.8 Å². The van der Waals surface area contributed by atoms with Crippen LogP contribution in [0.5, 0.6) is 0 Å². The molecule has 3 rings (SSSR count). The number of amides is 2. The number of carbonyl (C=O) groups excluding carboxylic acids is 2. The van der Waals surface area contributed by atoms with Gasteiger partial charge < -0.3 is 15.4 Å². The van der Waals surface area contributed by atoms with Crippen LogP contribution in [0.3, 0.4) is 0 Å². The van der Waals surface area contributed by atoms with Crippen molar-refractivity contribution in [2.75, 3.05) is 13.2 Å². The Morgan fingerprint density at radius 1 is 0.652 bits per heavy atom. The van der Waals surface area contributed by atoms with E-state index in [0.29, 0.717) is 13.2 Å². The minimum absolute atomic E-state index is 0.0723. The molecule has 0 aromatic carbocycles. The molecular weight excluding hydrogens is 292 g/mol. The van der Waals surface area contributed by atoms with Gasteiger partial charge in [-0.3, -0.25) is 9.59 Å². The van der Waals surface area contributed by atoms with Crippen molar-refractivity contribution in [2.45, 2.75) is 76.3 Å². The minimum Gasteiger partial charge on any atom is -0.377 e. The van der Waals surface area contributed by atoms with Gasteiger partial charge in [0.2, 0.25) is 11.8 Å². The third kappa shape index (κ3) is 4.46. The first-order valence-corrected chi connectivity index (χ1v) is 9.42. The molecule has 2 atom stereocenters. The van der Waals surface area contributed by atoms with Gasteiger partial charge in [0.1, 0.15) is 0 Å². The highest BCUT2D eigenvalue weighted by atomic mass is 16.5. The maximum Gasteiger partial charge on any atom is 0.223 e. The minimum atomic E-state index is -0.0723. The second kappa shape index (κ2) is 8.13. The van der Waals surface area contributed by atoms with Crippen molar-refractivity contribution < 1.29 is 14.3 Å². The van der Waals surface area contributed by atoms with Gasteiger partial charge in [0.05, 0.1) is 25.3 Å². The molecule has 0 unspecified atom stereocenters. The summed E-state index contributed by atoms with van der Waals surface area (Å²) in [4.78, 5) is 24.8. The zero-order valence-corrected chi connectivity index (χ0v) is 14.0. The Morgan fingerprint density at radius 2 is 1.04 bits per heavy atom. The van der Waals surface area contributed by atoms with Crippen LogP contribution >= 0.6 is 0 Å². The maximum atomic E-state index is 12.4. The average molecular weight is 322 g/mol. The second-order valence-corrected chi connectivity index (χ2v) is 7.44. The zero-order chi connectivity index (χ0) is 16.1. The molecule has 0 aromatic rings. The molecule has 0 spiro atoms. The summed E-state index contributed by atoms with van der Waals surface area (Å²) >= 11 is 0. The SMILES string of the molecule is O=C(N[C@H]1COC[C@H]1NC(=O)C1CCCCC1)C1CCCCC1. The summed E-state index contributed by atoms with van der Waals surface area (Å²) in [6.07, 6.45) is 11.1. The highest BCUT2D eigenvalue weighted by Crippen LogP contribution is 2.25. The first kappa shape index (κ1) is 16.7. The van der Waals surface area contributed by atoms with Gasteiger partial charge in [-0.1, -0.05) is 38.5 Å². The van der Waals surface area contributed by atoms with Gasteiger partial charge >= 0.3 is 0 Å². The van der Waals surface area contributed by atoms with Gasteiger partial charge in [-0.05, 0) is 25.7 Å². The van der Waals surface area contributed by atoms with E-state index in [1.165, 1.54) is 12.8 Å². The van der Waals surface area contributed by atoms with Crippen LogP contribution in [0.1, 0.15) is 64.2 Å². The lowest BCUT2D eigenvalue weighted by molar-refractivity contribution is -0.129. The Kier molecular flexibility index (Phi) is 5.92. The normalized spacial score (nSPS) is 30.1. The predicted octanol–water partition coefficient (Wildman–Crippen LogP) is 2.15. The van der Waals surface area contributed by atoms with Crippen molar-refractivity contribution in [3.05, 3.63) is 0 Å². The number of rotatable bonds is 4. The smallest absolute Gasteiger partial charge is 0.223 e. The van der Waals surface area contributed by atoms with E-state index in [0.717, 1.165) is 51.4 Å². The van der Waals surface area contributed by atoms with E-state index in [9.17, 15) is 9.59 Å². The Labute approximate surface area is 138 Å². The quantitative estimate of drug-likeness (QED) is 0.833. The Bertz CT molecular complexity index is 376. The van der Waals surface area contributed by atoms with Crippen LogP contribution in [-0.2, 0) is 14.3 Å². The highest BCUT2D eigenvalue weighted by molar-refractivity contribution is 5.80. The van der Waals surface area contributed by atoms with E-state index in [1.807, 2.05) is 0 Å². The molecule has 3 fully saturated rings. The average Bonchev–Trinajstić information content (AvgIpc) is 3.03. The third-order valence-electron chi connectivity index (χ3n) is 5.69. The van der Waals surface area contributed by atoms with Crippen LogP contribution < -0.4 is 10.6 Å². The van der Waals surface area contributed by atoms with E-state index in [1.54, 1.807) is 0 Å². The first-order chi connectivity index (χ1) is 11.2. The van der Waals surface area contributed by atoms with E-state index in [-0.39, 0.29) is 35.7 Å². The Morgan fingerprint density at radius 3 is 1.43 bits per heavy atom. The Hall–Kier alpha value is -1.10. The number of hydrogen-bond acceptors (Lipinski definition) is 3. The van der Waals surface area contributed by atoms with Crippen LogP contribution in [-0.4, -0.2) is 37.1 Å². The summed E-state index contributed by atoms with van der Waals surface area (Å²) in [5, 5.41) is 6.26. The van der Waals surface area contributed by atoms with Crippen LogP contribution in [0.15, 0.2) is 0 Å². The molecule has 0 radical (unpaired) electrons. The fraction of sp³-hybridized carbons (Fsp3) is 0.889. The standard InChI is InChI=1S/C18H30N2O3/c21-17(13-7-3-1-4-8-13)19-15-11-23-12-16(15)20-18(22)14-9-5-2-6-10-14/h13-16H,1-12H2,(H,19,21)(H,20,22)/t15-,16+. The lowest BCUT2D eigenvalue weighted by Gasteiger charge is -2.27. The van der Waals surface area contributed by atoms with Crippen molar-refractivity contribution in [3.8, 4) is 0 Å². The number of nitrogens with one attached hydrogen (secondary N) is 2. The summed E-state index contributed by atoms with van der Waals surface area (Å²) < 4.78 is 5.52. The van der Waals surface area contributed by atoms with E-state index >= 15 is 0 Å². The Balaban J connectivity index is 1.48. The molecule has 1 heterocycles. The maximum absolute atomic E-state index is 12.4. The lowest BCUT2D eigenvalue weighted by Crippen LogP contribution is -2.53. The van der Waals surface area contributed by atoms with Gasteiger partial charge in [-0.2, -0.15) is 0 Å². The van der Waals surface area contributed by atoms with Gasteiger partial charge in [0.15, 0.2) is 0 Å². The second-order valence-electron chi connectivity index (χ2n) is 7.44. The van der Waals surface area contributed by atoms with Crippen molar-refractivity contribution >= 4 is 11.8 Å². The number of carbonyl (C=O) groups is 2. The van der Waals surface area contributed by atoms with Gasteiger partial charge in [0.25, 0.3) is 0 Å². The van der Waals surface area contributed by atoms with Crippen LogP contribution in [0, 0.1) is 11.8 Å². The molecule has 3 aliphatic rings. The third-order valence-corrected chi connectivity index (χ3v) is 5.69. The van der Waals surface area contributed by atoms with Gasteiger partial charge in [-0.15, -0.1) is 0 Å². The summed E-state index contributed by atoms with van der Waals surface area (Å²) in [5.74, 6) is 0.604. The largest absolute Gasteiger partial charge is 0.377 e. The monoisotopic (exact) mass is 322 g/mol. The summed E-state index contributed by atoms with van der Waals surface area (Å²) in [5.41, 5.74) is 0. The molecule has 23 heavy (non-hydrogen) atoms. The molecule has 2 N–H and O–H groups in total. The summed E-state index contributed by atoms with van der Waals surface area (Å²) in [6.45, 7) is 1.02. The van der Waals surface area contributed by atoms with Crippen LogP contribution in [0.25, 0.3) is 0 Å². The number of ether oxygens (including phenoxy) is 1. The fourth-order valence-corrected chi connectivity index (χ4v) is 4.17. The molecule has 0 bridgehead atoms. The molecule has 2 aliphatic carbocycles. The topological polar surface area (TPSA) is 67.4 Å². The molecule has 5 nitrogen and oxygen atoms in total. The van der Waals surface area contributed by atoms with Crippen molar-refractivity contribution in [1.82, 2.24) is 10.6 Å². The molecule has 2 amide bonds. The highest BCUT2D eigenvalue weighted by Gasteiger charge is 2.34. The molecule has 2 saturated carbocycles. The number of hydrogen-bond donors (Lipinski definition) is 2. The fourth-order valence-electron chi connectivity index (χ4n) is 4.17. The van der Waals surface area contributed by atoms with Gasteiger partial charge in [-0.25, -0.2) is 0 Å². The van der Waals surface area contributed by atoms with E-state index in [2.05, 4.69) is 10.6 Å². The van der Waals surface area contributed by atoms with Crippen molar-refractivity contribution in [1.29, 1.82) is 0 Å². The van der Waals surface area contributed by atoms with Crippen molar-refractivity contribution in [3.63, 3.8) is 0 Å². The van der Waals surface area contributed by atoms with Crippen LogP contribution in [0.2, 0.25) is 0 Å². The molecule has 1 saturated heterocycles. The van der Waals surface area contributed by atoms with E-state index < -0.39 is 0 Å². The molecular formula is C18H30N2O3. The molecule has 130 valence electrons. The van der Waals surface area contributed by atoms with E-state index in [4.69, 9.17) is 4.74 Å². The zero-order valence-electron chi connectivity index (χ0n) is 14.0. The van der Waals surface area contributed by atoms with Crippen molar-refractivity contribution in [2.24, 2.45) is 11.8 Å². The summed E-state index contributed by atoms with van der Waals surface area (Å²) in [7, 11) is 0. The van der Waals surface area contributed by atoms with Crippen LogP contribution in [0.4, 0.5) is 0 Å².